The van der Waals surface area contributed by atoms with Crippen molar-refractivity contribution in [2.24, 2.45) is 5.16 Å². The molecule has 0 unspecified atom stereocenters. The second-order valence-electron chi connectivity index (χ2n) is 4.01. The number of benzene rings is 2. The molecule has 0 heterocycles. The third-order valence-corrected chi connectivity index (χ3v) is 2.56. The molecule has 0 spiro atoms. The van der Waals surface area contributed by atoms with Gasteiger partial charge in [0.15, 0.2) is 0 Å². The maximum atomic E-state index is 12.7. The van der Waals surface area contributed by atoms with E-state index in [1.54, 1.807) is 24.4 Å². The van der Waals surface area contributed by atoms with Crippen LogP contribution in [0.4, 0.5) is 4.39 Å². The Morgan fingerprint density at radius 3 is 2.63 bits per heavy atom. The lowest BCUT2D eigenvalue weighted by Crippen LogP contribution is -1.89. The third-order valence-electron chi connectivity index (χ3n) is 2.56. The molecule has 0 aliphatic heterocycles. The van der Waals surface area contributed by atoms with Crippen LogP contribution in [0.5, 0.6) is 0 Å². The summed E-state index contributed by atoms with van der Waals surface area (Å²) in [4.78, 5) is 5.19. The fourth-order valence-electron chi connectivity index (χ4n) is 1.57. The minimum absolute atomic E-state index is 0.265. The summed E-state index contributed by atoms with van der Waals surface area (Å²) >= 11 is 0. The molecule has 2 aromatic carbocycles. The van der Waals surface area contributed by atoms with E-state index >= 15 is 0 Å². The van der Waals surface area contributed by atoms with Crippen molar-refractivity contribution in [2.45, 2.75) is 6.61 Å². The van der Waals surface area contributed by atoms with Gasteiger partial charge in [-0.1, -0.05) is 48.1 Å². The fraction of sp³-hybridized carbons (Fsp3) is 0.0625. The molecule has 19 heavy (non-hydrogen) atoms. The summed E-state index contributed by atoms with van der Waals surface area (Å²) in [5, 5.41) is 3.85. The molecule has 2 aromatic rings. The highest BCUT2D eigenvalue weighted by atomic mass is 19.1. The standard InChI is InChI=1S/C16H14FNO/c1-2-13-4-3-5-15(10-13)12-19-18-11-14-6-8-16(17)9-7-14/h2-11H,1,12H2. The SMILES string of the molecule is C=Cc1cccc(CON=Cc2ccc(F)cc2)c1. The lowest BCUT2D eigenvalue weighted by molar-refractivity contribution is 0.132. The van der Waals surface area contributed by atoms with Gasteiger partial charge in [0.1, 0.15) is 12.4 Å². The normalized spacial score (nSPS) is 10.6. The first-order chi connectivity index (χ1) is 9.28. The number of rotatable bonds is 5. The molecule has 2 rings (SSSR count). The number of oxime groups is 1. The highest BCUT2D eigenvalue weighted by Gasteiger charge is 1.94. The monoisotopic (exact) mass is 255 g/mol. The molecule has 0 aromatic heterocycles. The second-order valence-corrected chi connectivity index (χ2v) is 4.01. The molecule has 0 saturated carbocycles. The van der Waals surface area contributed by atoms with E-state index in [1.165, 1.54) is 12.1 Å². The zero-order valence-corrected chi connectivity index (χ0v) is 10.4. The fourth-order valence-corrected chi connectivity index (χ4v) is 1.57. The first-order valence-electron chi connectivity index (χ1n) is 5.90. The molecule has 3 heteroatoms. The van der Waals surface area contributed by atoms with E-state index in [4.69, 9.17) is 4.84 Å². The molecule has 0 saturated heterocycles. The summed E-state index contributed by atoms with van der Waals surface area (Å²) in [6.07, 6.45) is 3.34. The van der Waals surface area contributed by atoms with Crippen LogP contribution in [0.2, 0.25) is 0 Å². The first kappa shape index (κ1) is 13.0. The highest BCUT2D eigenvalue weighted by molar-refractivity contribution is 5.78. The Labute approximate surface area is 111 Å². The minimum Gasteiger partial charge on any atom is -0.391 e. The molecule has 0 aliphatic rings. The summed E-state index contributed by atoms with van der Waals surface area (Å²) < 4.78 is 12.7. The van der Waals surface area contributed by atoms with Gasteiger partial charge >= 0.3 is 0 Å². The van der Waals surface area contributed by atoms with Crippen LogP contribution in [0.1, 0.15) is 16.7 Å². The zero-order chi connectivity index (χ0) is 13.5. The average molecular weight is 255 g/mol. The van der Waals surface area contributed by atoms with Gasteiger partial charge in [-0.05, 0) is 34.9 Å². The van der Waals surface area contributed by atoms with E-state index in [0.717, 1.165) is 16.7 Å². The van der Waals surface area contributed by atoms with Crippen molar-refractivity contribution in [3.63, 3.8) is 0 Å². The van der Waals surface area contributed by atoms with Gasteiger partial charge < -0.3 is 4.84 Å². The van der Waals surface area contributed by atoms with E-state index in [1.807, 2.05) is 24.3 Å². The highest BCUT2D eigenvalue weighted by Crippen LogP contribution is 2.08. The van der Waals surface area contributed by atoms with Crippen LogP contribution in [-0.4, -0.2) is 6.21 Å². The Balaban J connectivity index is 1.89. The quantitative estimate of drug-likeness (QED) is 0.584. The Morgan fingerprint density at radius 1 is 1.11 bits per heavy atom. The van der Waals surface area contributed by atoms with Gasteiger partial charge in [0.2, 0.25) is 0 Å². The van der Waals surface area contributed by atoms with Crippen molar-refractivity contribution < 1.29 is 9.23 Å². The number of hydrogen-bond acceptors (Lipinski definition) is 2. The molecule has 0 aliphatic carbocycles. The molecule has 0 radical (unpaired) electrons. The summed E-state index contributed by atoms with van der Waals surface area (Å²) in [7, 11) is 0. The van der Waals surface area contributed by atoms with Crippen molar-refractivity contribution in [1.82, 2.24) is 0 Å². The van der Waals surface area contributed by atoms with Crippen LogP contribution in [-0.2, 0) is 11.4 Å². The van der Waals surface area contributed by atoms with E-state index in [0.29, 0.717) is 6.61 Å². The van der Waals surface area contributed by atoms with Crippen molar-refractivity contribution in [3.8, 4) is 0 Å². The van der Waals surface area contributed by atoms with Crippen LogP contribution in [0.15, 0.2) is 60.3 Å². The van der Waals surface area contributed by atoms with Crippen LogP contribution in [0.25, 0.3) is 6.08 Å². The number of hydrogen-bond donors (Lipinski definition) is 0. The van der Waals surface area contributed by atoms with Crippen molar-refractivity contribution in [2.75, 3.05) is 0 Å². The molecule has 2 nitrogen and oxygen atoms in total. The number of halogens is 1. The van der Waals surface area contributed by atoms with Gasteiger partial charge in [0.05, 0.1) is 6.21 Å². The predicted octanol–water partition coefficient (Wildman–Crippen LogP) is 4.02. The smallest absolute Gasteiger partial charge is 0.142 e. The van der Waals surface area contributed by atoms with Gasteiger partial charge in [-0.25, -0.2) is 4.39 Å². The summed E-state index contributed by atoms with van der Waals surface area (Å²) in [5.41, 5.74) is 2.86. The van der Waals surface area contributed by atoms with Gasteiger partial charge in [0, 0.05) is 0 Å². The Hall–Kier alpha value is -2.42. The maximum absolute atomic E-state index is 12.7. The second kappa shape index (κ2) is 6.50. The Morgan fingerprint density at radius 2 is 1.89 bits per heavy atom. The number of nitrogens with zero attached hydrogens (tertiary/aromatic N) is 1. The van der Waals surface area contributed by atoms with Crippen LogP contribution >= 0.6 is 0 Å². The van der Waals surface area contributed by atoms with Crippen molar-refractivity contribution >= 4 is 12.3 Å². The van der Waals surface area contributed by atoms with Crippen molar-refractivity contribution in [1.29, 1.82) is 0 Å². The van der Waals surface area contributed by atoms with Crippen LogP contribution in [0, 0.1) is 5.82 Å². The molecule has 0 fully saturated rings. The molecule has 0 atom stereocenters. The minimum atomic E-state index is -0.265. The van der Waals surface area contributed by atoms with E-state index in [9.17, 15) is 4.39 Å². The molecular weight excluding hydrogens is 241 g/mol. The summed E-state index contributed by atoms with van der Waals surface area (Å²) in [6.45, 7) is 4.10. The predicted molar refractivity (Wildman–Crippen MR) is 75.3 cm³/mol. The summed E-state index contributed by atoms with van der Waals surface area (Å²) in [5.74, 6) is -0.265. The van der Waals surface area contributed by atoms with Gasteiger partial charge in [-0.2, -0.15) is 0 Å². The lowest BCUT2D eigenvalue weighted by atomic mass is 10.1. The Kier molecular flexibility index (Phi) is 4.45. The van der Waals surface area contributed by atoms with E-state index in [2.05, 4.69) is 11.7 Å². The molecular formula is C16H14FNO. The first-order valence-corrected chi connectivity index (χ1v) is 5.90. The molecule has 0 N–H and O–H groups in total. The maximum Gasteiger partial charge on any atom is 0.142 e. The summed E-state index contributed by atoms with van der Waals surface area (Å²) in [6, 6.07) is 13.9. The van der Waals surface area contributed by atoms with Gasteiger partial charge in [-0.15, -0.1) is 0 Å². The topological polar surface area (TPSA) is 21.6 Å². The van der Waals surface area contributed by atoms with Crippen molar-refractivity contribution in [3.05, 3.63) is 77.6 Å². The van der Waals surface area contributed by atoms with Gasteiger partial charge in [0.25, 0.3) is 0 Å². The Bertz CT molecular complexity index is 576. The van der Waals surface area contributed by atoms with Gasteiger partial charge in [-0.3, -0.25) is 0 Å². The molecule has 96 valence electrons. The van der Waals surface area contributed by atoms with Crippen LogP contribution in [0.3, 0.4) is 0 Å². The molecule has 0 bridgehead atoms. The average Bonchev–Trinajstić information content (AvgIpc) is 2.46. The lowest BCUT2D eigenvalue weighted by Gasteiger charge is -2.01. The van der Waals surface area contributed by atoms with E-state index in [-0.39, 0.29) is 5.82 Å². The van der Waals surface area contributed by atoms with E-state index < -0.39 is 0 Å². The van der Waals surface area contributed by atoms with Crippen LogP contribution < -0.4 is 0 Å². The molecule has 0 amide bonds. The third kappa shape index (κ3) is 4.07. The zero-order valence-electron chi connectivity index (χ0n) is 10.4. The largest absolute Gasteiger partial charge is 0.391 e.